The van der Waals surface area contributed by atoms with E-state index in [1.165, 1.54) is 4.70 Å². The van der Waals surface area contributed by atoms with Gasteiger partial charge in [0.05, 0.1) is 15.2 Å². The maximum atomic E-state index is 12.1. The fourth-order valence-electron chi connectivity index (χ4n) is 2.44. The van der Waals surface area contributed by atoms with E-state index in [0.717, 1.165) is 28.0 Å². The SMILES string of the molecule is N[C@H]1CCN(C(=O)CCc2nc3cc(Br)ccc3s2)C1. The molecule has 1 fully saturated rings. The first-order valence-electron chi connectivity index (χ1n) is 6.70. The van der Waals surface area contributed by atoms with E-state index in [-0.39, 0.29) is 11.9 Å². The molecular weight excluding hydrogens is 338 g/mol. The lowest BCUT2D eigenvalue weighted by molar-refractivity contribution is -0.130. The number of likely N-dealkylation sites (tertiary alicyclic amines) is 1. The van der Waals surface area contributed by atoms with Crippen molar-refractivity contribution >= 4 is 43.4 Å². The molecule has 0 bridgehead atoms. The molecule has 0 radical (unpaired) electrons. The van der Waals surface area contributed by atoms with E-state index < -0.39 is 0 Å². The number of halogens is 1. The zero-order chi connectivity index (χ0) is 14.1. The highest BCUT2D eigenvalue weighted by Gasteiger charge is 2.23. The first-order valence-corrected chi connectivity index (χ1v) is 8.31. The van der Waals surface area contributed by atoms with Crippen LogP contribution in [0.25, 0.3) is 10.2 Å². The Bertz CT molecular complexity index is 642. The predicted molar refractivity (Wildman–Crippen MR) is 84.8 cm³/mol. The topological polar surface area (TPSA) is 59.2 Å². The number of carbonyl (C=O) groups excluding carboxylic acids is 1. The van der Waals surface area contributed by atoms with Crippen molar-refractivity contribution in [1.29, 1.82) is 0 Å². The third-order valence-electron chi connectivity index (χ3n) is 3.52. The summed E-state index contributed by atoms with van der Waals surface area (Å²) in [5.41, 5.74) is 6.82. The zero-order valence-corrected chi connectivity index (χ0v) is 13.4. The van der Waals surface area contributed by atoms with Gasteiger partial charge in [-0.1, -0.05) is 15.9 Å². The maximum Gasteiger partial charge on any atom is 0.223 e. The summed E-state index contributed by atoms with van der Waals surface area (Å²) in [4.78, 5) is 18.5. The maximum absolute atomic E-state index is 12.1. The summed E-state index contributed by atoms with van der Waals surface area (Å²) < 4.78 is 2.20. The fraction of sp³-hybridized carbons (Fsp3) is 0.429. The highest BCUT2D eigenvalue weighted by molar-refractivity contribution is 9.10. The molecule has 0 aliphatic carbocycles. The van der Waals surface area contributed by atoms with Crippen LogP contribution in [-0.2, 0) is 11.2 Å². The molecule has 2 heterocycles. The van der Waals surface area contributed by atoms with Crippen molar-refractivity contribution in [2.24, 2.45) is 5.73 Å². The standard InChI is InChI=1S/C14H16BrN3OS/c15-9-1-2-12-11(7-9)17-13(20-12)3-4-14(19)18-6-5-10(16)8-18/h1-2,7,10H,3-6,8,16H2/t10-/m0/s1. The number of aromatic nitrogens is 1. The van der Waals surface area contributed by atoms with Crippen LogP contribution in [0.3, 0.4) is 0 Å². The molecule has 4 nitrogen and oxygen atoms in total. The molecule has 0 saturated carbocycles. The molecule has 2 N–H and O–H groups in total. The van der Waals surface area contributed by atoms with Crippen molar-refractivity contribution in [1.82, 2.24) is 9.88 Å². The van der Waals surface area contributed by atoms with Crippen LogP contribution in [0, 0.1) is 0 Å². The molecule has 1 aromatic carbocycles. The Balaban J connectivity index is 1.63. The quantitative estimate of drug-likeness (QED) is 0.922. The summed E-state index contributed by atoms with van der Waals surface area (Å²) in [5.74, 6) is 0.193. The Hall–Kier alpha value is -0.980. The molecule has 0 spiro atoms. The van der Waals surface area contributed by atoms with E-state index >= 15 is 0 Å². The molecule has 3 rings (SSSR count). The van der Waals surface area contributed by atoms with E-state index in [0.29, 0.717) is 19.4 Å². The van der Waals surface area contributed by atoms with Crippen LogP contribution >= 0.6 is 27.3 Å². The second kappa shape index (κ2) is 5.79. The van der Waals surface area contributed by atoms with Crippen molar-refractivity contribution in [2.45, 2.75) is 25.3 Å². The highest BCUT2D eigenvalue weighted by Crippen LogP contribution is 2.26. The summed E-state index contributed by atoms with van der Waals surface area (Å²) in [6.07, 6.45) is 2.15. The number of amides is 1. The van der Waals surface area contributed by atoms with Gasteiger partial charge in [0.1, 0.15) is 0 Å². The third-order valence-corrected chi connectivity index (χ3v) is 5.11. The first-order chi connectivity index (χ1) is 9.61. The molecular formula is C14H16BrN3OS. The molecule has 1 aliphatic heterocycles. The number of hydrogen-bond acceptors (Lipinski definition) is 4. The zero-order valence-electron chi connectivity index (χ0n) is 11.0. The van der Waals surface area contributed by atoms with Crippen LogP contribution in [0.5, 0.6) is 0 Å². The Labute approximate surface area is 130 Å². The Kier molecular flexibility index (Phi) is 4.05. The highest BCUT2D eigenvalue weighted by atomic mass is 79.9. The number of nitrogens with two attached hydrogens (primary N) is 1. The van der Waals surface area contributed by atoms with E-state index in [4.69, 9.17) is 5.73 Å². The largest absolute Gasteiger partial charge is 0.341 e. The van der Waals surface area contributed by atoms with Gasteiger partial charge in [0.25, 0.3) is 0 Å². The summed E-state index contributed by atoms with van der Waals surface area (Å²) in [6.45, 7) is 1.50. The van der Waals surface area contributed by atoms with Crippen LogP contribution in [0.2, 0.25) is 0 Å². The molecule has 1 amide bonds. The average Bonchev–Trinajstić information content (AvgIpc) is 3.01. The molecule has 1 aromatic heterocycles. The number of thiazole rings is 1. The number of rotatable bonds is 3. The molecule has 1 atom stereocenters. The molecule has 106 valence electrons. The van der Waals surface area contributed by atoms with E-state index in [1.807, 2.05) is 17.0 Å². The molecule has 1 saturated heterocycles. The van der Waals surface area contributed by atoms with Crippen molar-refractivity contribution in [3.8, 4) is 0 Å². The number of hydrogen-bond donors (Lipinski definition) is 1. The van der Waals surface area contributed by atoms with Gasteiger partial charge in [-0.05, 0) is 24.6 Å². The number of benzene rings is 1. The molecule has 0 unspecified atom stereocenters. The number of aryl methyl sites for hydroxylation is 1. The lowest BCUT2D eigenvalue weighted by Gasteiger charge is -2.14. The average molecular weight is 354 g/mol. The van der Waals surface area contributed by atoms with Crippen LogP contribution < -0.4 is 5.73 Å². The minimum atomic E-state index is 0.152. The molecule has 1 aliphatic rings. The van der Waals surface area contributed by atoms with E-state index in [2.05, 4.69) is 27.0 Å². The number of fused-ring (bicyclic) bond motifs is 1. The van der Waals surface area contributed by atoms with Crippen molar-refractivity contribution < 1.29 is 4.79 Å². The summed E-state index contributed by atoms with van der Waals surface area (Å²) in [6, 6.07) is 6.23. The third kappa shape index (κ3) is 3.02. The van der Waals surface area contributed by atoms with Gasteiger partial charge in [0.15, 0.2) is 0 Å². The molecule has 6 heteroatoms. The number of carbonyl (C=O) groups is 1. The summed E-state index contributed by atoms with van der Waals surface area (Å²) in [5, 5.41) is 1.02. The van der Waals surface area contributed by atoms with Gasteiger partial charge in [0.2, 0.25) is 5.91 Å². The van der Waals surface area contributed by atoms with Crippen molar-refractivity contribution in [2.75, 3.05) is 13.1 Å². The smallest absolute Gasteiger partial charge is 0.223 e. The minimum absolute atomic E-state index is 0.152. The van der Waals surface area contributed by atoms with Gasteiger partial charge in [-0.15, -0.1) is 11.3 Å². The predicted octanol–water partition coefficient (Wildman–Crippen LogP) is 2.55. The van der Waals surface area contributed by atoms with Gasteiger partial charge < -0.3 is 10.6 Å². The van der Waals surface area contributed by atoms with E-state index in [9.17, 15) is 4.79 Å². The van der Waals surface area contributed by atoms with Gasteiger partial charge in [-0.25, -0.2) is 4.98 Å². The molecule has 20 heavy (non-hydrogen) atoms. The van der Waals surface area contributed by atoms with E-state index in [1.54, 1.807) is 11.3 Å². The minimum Gasteiger partial charge on any atom is -0.341 e. The Morgan fingerprint density at radius 3 is 3.15 bits per heavy atom. The van der Waals surface area contributed by atoms with Crippen LogP contribution in [0.15, 0.2) is 22.7 Å². The van der Waals surface area contributed by atoms with Crippen molar-refractivity contribution in [3.05, 3.63) is 27.7 Å². The monoisotopic (exact) mass is 353 g/mol. The van der Waals surface area contributed by atoms with Gasteiger partial charge >= 0.3 is 0 Å². The normalized spacial score (nSPS) is 18.9. The van der Waals surface area contributed by atoms with Gasteiger partial charge in [-0.2, -0.15) is 0 Å². The fourth-order valence-corrected chi connectivity index (χ4v) is 3.74. The number of nitrogens with zero attached hydrogens (tertiary/aromatic N) is 2. The van der Waals surface area contributed by atoms with Crippen LogP contribution in [0.1, 0.15) is 17.8 Å². The van der Waals surface area contributed by atoms with Gasteiger partial charge in [0, 0.05) is 36.4 Å². The summed E-state index contributed by atoms with van der Waals surface area (Å²) >= 11 is 5.11. The Morgan fingerprint density at radius 1 is 1.55 bits per heavy atom. The second-order valence-electron chi connectivity index (χ2n) is 5.11. The van der Waals surface area contributed by atoms with Crippen LogP contribution in [-0.4, -0.2) is 34.9 Å². The first kappa shape index (κ1) is 14.0. The van der Waals surface area contributed by atoms with Gasteiger partial charge in [-0.3, -0.25) is 4.79 Å². The Morgan fingerprint density at radius 2 is 2.40 bits per heavy atom. The summed E-state index contributed by atoms with van der Waals surface area (Å²) in [7, 11) is 0. The lowest BCUT2D eigenvalue weighted by Crippen LogP contribution is -2.31. The van der Waals surface area contributed by atoms with Crippen molar-refractivity contribution in [3.63, 3.8) is 0 Å². The second-order valence-corrected chi connectivity index (χ2v) is 7.14. The lowest BCUT2D eigenvalue weighted by atomic mass is 10.3. The molecule has 2 aromatic rings. The van der Waals surface area contributed by atoms with Crippen LogP contribution in [0.4, 0.5) is 0 Å².